The molecule has 0 saturated carbocycles. The average Bonchev–Trinajstić information content (AvgIpc) is 3.10. The van der Waals surface area contributed by atoms with Gasteiger partial charge in [-0.2, -0.15) is 9.57 Å². The van der Waals surface area contributed by atoms with Crippen molar-refractivity contribution in [2.75, 3.05) is 38.0 Å². The van der Waals surface area contributed by atoms with Crippen LogP contribution in [0.1, 0.15) is 5.56 Å². The molecule has 7 nitrogen and oxygen atoms in total. The fourth-order valence-electron chi connectivity index (χ4n) is 2.77. The number of nitriles is 1. The van der Waals surface area contributed by atoms with Crippen LogP contribution in [0.3, 0.4) is 0 Å². The number of hydrogen-bond donors (Lipinski definition) is 1. The molecule has 2 heterocycles. The van der Waals surface area contributed by atoms with Gasteiger partial charge in [-0.1, -0.05) is 12.1 Å². The zero-order valence-electron chi connectivity index (χ0n) is 14.3. The maximum absolute atomic E-state index is 12.6. The number of carbonyl (C=O) groups excluding carboxylic acids is 1. The molecular formula is C17H17BrN4O3S2. The second-order valence-corrected chi connectivity index (χ2v) is 10.6. The number of nitrogens with zero attached hydrogens (tertiary/aromatic N) is 3. The predicted octanol–water partition coefficient (Wildman–Crippen LogP) is 2.33. The first kappa shape index (κ1) is 20.0. The first-order valence-corrected chi connectivity index (χ1v) is 11.2. The number of para-hydroxylation sites is 1. The Morgan fingerprint density at radius 2 is 1.89 bits per heavy atom. The minimum atomic E-state index is -3.49. The molecule has 0 spiro atoms. The van der Waals surface area contributed by atoms with Gasteiger partial charge in [0.2, 0.25) is 5.91 Å². The molecule has 1 aliphatic rings. The van der Waals surface area contributed by atoms with Crippen LogP contribution >= 0.6 is 27.3 Å². The van der Waals surface area contributed by atoms with E-state index in [0.29, 0.717) is 41.6 Å². The largest absolute Gasteiger partial charge is 0.324 e. The van der Waals surface area contributed by atoms with Crippen molar-refractivity contribution >= 4 is 48.9 Å². The van der Waals surface area contributed by atoms with Gasteiger partial charge >= 0.3 is 0 Å². The van der Waals surface area contributed by atoms with Crippen molar-refractivity contribution in [1.29, 1.82) is 5.26 Å². The number of rotatable bonds is 5. The van der Waals surface area contributed by atoms with Gasteiger partial charge in [0, 0.05) is 26.2 Å². The van der Waals surface area contributed by atoms with Crippen LogP contribution in [0.4, 0.5) is 5.69 Å². The van der Waals surface area contributed by atoms with Crippen molar-refractivity contribution in [3.8, 4) is 6.07 Å². The summed E-state index contributed by atoms with van der Waals surface area (Å²) in [6.45, 7) is 1.76. The Morgan fingerprint density at radius 3 is 2.52 bits per heavy atom. The number of thiophene rings is 1. The summed E-state index contributed by atoms with van der Waals surface area (Å²) in [6.07, 6.45) is 0. The Balaban J connectivity index is 1.55. The molecule has 1 saturated heterocycles. The highest BCUT2D eigenvalue weighted by Crippen LogP contribution is 2.28. The molecule has 0 bridgehead atoms. The van der Waals surface area contributed by atoms with Crippen LogP contribution in [0.5, 0.6) is 0 Å². The molecule has 27 heavy (non-hydrogen) atoms. The SMILES string of the molecule is N#Cc1ccccc1NC(=O)CN1CCN(S(=O)(=O)c2ccc(Br)s2)CC1. The smallest absolute Gasteiger partial charge is 0.252 e. The molecule has 0 unspecified atom stereocenters. The highest BCUT2D eigenvalue weighted by molar-refractivity contribution is 9.11. The van der Waals surface area contributed by atoms with Crippen molar-refractivity contribution < 1.29 is 13.2 Å². The zero-order valence-corrected chi connectivity index (χ0v) is 17.5. The zero-order chi connectivity index (χ0) is 19.4. The highest BCUT2D eigenvalue weighted by atomic mass is 79.9. The standard InChI is InChI=1S/C17H17BrN4O3S2/c18-15-5-6-17(26-15)27(24,25)22-9-7-21(8-10-22)12-16(23)20-14-4-2-1-3-13(14)11-19/h1-6H,7-10,12H2,(H,20,23). The number of halogens is 1. The van der Waals surface area contributed by atoms with E-state index in [1.54, 1.807) is 36.4 Å². The van der Waals surface area contributed by atoms with Gasteiger partial charge < -0.3 is 5.32 Å². The first-order chi connectivity index (χ1) is 12.9. The second kappa shape index (κ2) is 8.50. The van der Waals surface area contributed by atoms with Crippen molar-refractivity contribution in [3.63, 3.8) is 0 Å². The molecule has 1 amide bonds. The summed E-state index contributed by atoms with van der Waals surface area (Å²) in [6, 6.07) is 12.2. The number of amides is 1. The van der Waals surface area contributed by atoms with Crippen molar-refractivity contribution in [3.05, 3.63) is 45.7 Å². The van der Waals surface area contributed by atoms with Crippen LogP contribution in [0, 0.1) is 11.3 Å². The molecular weight excluding hydrogens is 452 g/mol. The Labute approximate surface area is 170 Å². The van der Waals surface area contributed by atoms with Gasteiger partial charge in [0.15, 0.2) is 0 Å². The molecule has 10 heteroatoms. The van der Waals surface area contributed by atoms with Crippen LogP contribution < -0.4 is 5.32 Å². The maximum Gasteiger partial charge on any atom is 0.252 e. The molecule has 0 aliphatic carbocycles. The summed E-state index contributed by atoms with van der Waals surface area (Å²) >= 11 is 4.47. The molecule has 1 aromatic heterocycles. The fraction of sp³-hybridized carbons (Fsp3) is 0.294. The van der Waals surface area contributed by atoms with E-state index < -0.39 is 10.0 Å². The van der Waals surface area contributed by atoms with Crippen LogP contribution in [0.25, 0.3) is 0 Å². The third kappa shape index (κ3) is 4.75. The number of benzene rings is 1. The van der Waals surface area contributed by atoms with E-state index in [9.17, 15) is 13.2 Å². The van der Waals surface area contributed by atoms with Gasteiger partial charge in [-0.25, -0.2) is 8.42 Å². The number of anilines is 1. The number of nitrogens with one attached hydrogen (secondary N) is 1. The van der Waals surface area contributed by atoms with Gasteiger partial charge in [-0.05, 0) is 40.2 Å². The quantitative estimate of drug-likeness (QED) is 0.726. The summed E-state index contributed by atoms with van der Waals surface area (Å²) in [4.78, 5) is 14.2. The van der Waals surface area contributed by atoms with Crippen molar-refractivity contribution in [2.24, 2.45) is 0 Å². The summed E-state index contributed by atoms with van der Waals surface area (Å²) in [5, 5.41) is 11.8. The van der Waals surface area contributed by atoms with Gasteiger partial charge in [0.05, 0.1) is 21.6 Å². The van der Waals surface area contributed by atoms with E-state index in [4.69, 9.17) is 5.26 Å². The monoisotopic (exact) mass is 468 g/mol. The first-order valence-electron chi connectivity index (χ1n) is 8.17. The number of carbonyl (C=O) groups is 1. The summed E-state index contributed by atoms with van der Waals surface area (Å²) in [7, 11) is -3.49. The van der Waals surface area contributed by atoms with Gasteiger partial charge in [0.1, 0.15) is 10.3 Å². The van der Waals surface area contributed by atoms with Crippen LogP contribution in [-0.2, 0) is 14.8 Å². The second-order valence-electron chi connectivity index (χ2n) is 5.94. The highest BCUT2D eigenvalue weighted by Gasteiger charge is 2.30. The van der Waals surface area contributed by atoms with E-state index in [1.807, 2.05) is 11.0 Å². The van der Waals surface area contributed by atoms with E-state index in [-0.39, 0.29) is 12.5 Å². The number of piperazine rings is 1. The molecule has 0 atom stereocenters. The van der Waals surface area contributed by atoms with Gasteiger partial charge in [-0.3, -0.25) is 9.69 Å². The Bertz CT molecular complexity index is 976. The molecule has 142 valence electrons. The Hall–Kier alpha value is -1.77. The lowest BCUT2D eigenvalue weighted by molar-refractivity contribution is -0.117. The van der Waals surface area contributed by atoms with Crippen molar-refractivity contribution in [1.82, 2.24) is 9.21 Å². The summed E-state index contributed by atoms with van der Waals surface area (Å²) in [5.74, 6) is -0.226. The fourth-order valence-corrected chi connectivity index (χ4v) is 6.36. The van der Waals surface area contributed by atoms with Crippen LogP contribution in [0.2, 0.25) is 0 Å². The Morgan fingerprint density at radius 1 is 1.19 bits per heavy atom. The summed E-state index contributed by atoms with van der Waals surface area (Å²) in [5.41, 5.74) is 0.887. The molecule has 1 N–H and O–H groups in total. The lowest BCUT2D eigenvalue weighted by Gasteiger charge is -2.33. The molecule has 1 aromatic carbocycles. The number of sulfonamides is 1. The van der Waals surface area contributed by atoms with Gasteiger partial charge in [-0.15, -0.1) is 11.3 Å². The summed E-state index contributed by atoms with van der Waals surface area (Å²) < 4.78 is 27.8. The molecule has 2 aromatic rings. The third-order valence-electron chi connectivity index (χ3n) is 4.16. The number of hydrogen-bond acceptors (Lipinski definition) is 6. The van der Waals surface area contributed by atoms with E-state index in [0.717, 1.165) is 3.79 Å². The van der Waals surface area contributed by atoms with Crippen molar-refractivity contribution in [2.45, 2.75) is 4.21 Å². The topological polar surface area (TPSA) is 93.5 Å². The minimum Gasteiger partial charge on any atom is -0.324 e. The van der Waals surface area contributed by atoms with Gasteiger partial charge in [0.25, 0.3) is 10.0 Å². The molecule has 0 radical (unpaired) electrons. The lowest BCUT2D eigenvalue weighted by atomic mass is 10.2. The molecule has 1 aliphatic heterocycles. The minimum absolute atomic E-state index is 0.151. The van der Waals surface area contributed by atoms with Crippen LogP contribution in [0.15, 0.2) is 44.4 Å². The molecule has 3 rings (SSSR count). The Kier molecular flexibility index (Phi) is 6.29. The van der Waals surface area contributed by atoms with E-state index >= 15 is 0 Å². The van der Waals surface area contributed by atoms with Crippen LogP contribution in [-0.4, -0.2) is 56.3 Å². The van der Waals surface area contributed by atoms with E-state index in [1.165, 1.54) is 15.6 Å². The normalized spacial score (nSPS) is 16.0. The third-order valence-corrected chi connectivity index (χ3v) is 8.15. The average molecular weight is 469 g/mol. The predicted molar refractivity (Wildman–Crippen MR) is 107 cm³/mol. The maximum atomic E-state index is 12.6. The molecule has 1 fully saturated rings. The van der Waals surface area contributed by atoms with E-state index in [2.05, 4.69) is 21.2 Å². The lowest BCUT2D eigenvalue weighted by Crippen LogP contribution is -2.50.